The molecule has 0 atom stereocenters. The predicted octanol–water partition coefficient (Wildman–Crippen LogP) is 4.45. The van der Waals surface area contributed by atoms with Gasteiger partial charge in [0, 0.05) is 17.9 Å². The van der Waals surface area contributed by atoms with Crippen LogP contribution >= 0.6 is 15.9 Å². The summed E-state index contributed by atoms with van der Waals surface area (Å²) in [6, 6.07) is 0.692. The van der Waals surface area contributed by atoms with Gasteiger partial charge in [0.05, 0.1) is 0 Å². The molecule has 0 unspecified atom stereocenters. The molecular weight excluding hydrogens is 262 g/mol. The van der Waals surface area contributed by atoms with Crippen LogP contribution in [0.3, 0.4) is 0 Å². The Morgan fingerprint density at radius 3 is 2.25 bits per heavy atom. The third-order valence-electron chi connectivity index (χ3n) is 3.98. The summed E-state index contributed by atoms with van der Waals surface area (Å²) in [5, 5.41) is 1.19. The van der Waals surface area contributed by atoms with Gasteiger partial charge in [0.2, 0.25) is 0 Å². The fourth-order valence-electron chi connectivity index (χ4n) is 2.87. The zero-order valence-electron chi connectivity index (χ0n) is 11.3. The van der Waals surface area contributed by atoms with Crippen LogP contribution in [0.25, 0.3) is 0 Å². The van der Waals surface area contributed by atoms with Crippen LogP contribution in [0.5, 0.6) is 0 Å². The molecule has 1 aliphatic carbocycles. The Bertz CT molecular complexity index is 185. The molecule has 0 aromatic rings. The molecule has 0 saturated heterocycles. The average Bonchev–Trinajstić information content (AvgIpc) is 2.29. The second kappa shape index (κ2) is 7.00. The lowest BCUT2D eigenvalue weighted by molar-refractivity contribution is 0.104. The summed E-state index contributed by atoms with van der Waals surface area (Å²) in [5.41, 5.74) is 0.567. The molecule has 0 aliphatic heterocycles. The van der Waals surface area contributed by atoms with Crippen molar-refractivity contribution in [1.29, 1.82) is 0 Å². The minimum Gasteiger partial charge on any atom is -0.300 e. The molecule has 96 valence electrons. The Kier molecular flexibility index (Phi) is 6.35. The van der Waals surface area contributed by atoms with Crippen LogP contribution in [0.1, 0.15) is 59.3 Å². The molecule has 0 N–H and O–H groups in total. The molecule has 0 radical (unpaired) electrons. The molecule has 0 aromatic carbocycles. The third-order valence-corrected chi connectivity index (χ3v) is 5.17. The van der Waals surface area contributed by atoms with Gasteiger partial charge in [-0.2, -0.15) is 0 Å². The Morgan fingerprint density at radius 2 is 1.81 bits per heavy atom. The van der Waals surface area contributed by atoms with E-state index in [0.717, 1.165) is 0 Å². The van der Waals surface area contributed by atoms with E-state index in [1.807, 2.05) is 0 Å². The first-order valence-electron chi connectivity index (χ1n) is 6.93. The van der Waals surface area contributed by atoms with E-state index in [4.69, 9.17) is 0 Å². The zero-order chi connectivity index (χ0) is 12.0. The van der Waals surface area contributed by atoms with Crippen LogP contribution in [0.2, 0.25) is 0 Å². The van der Waals surface area contributed by atoms with Gasteiger partial charge in [-0.05, 0) is 45.1 Å². The molecule has 1 rings (SSSR count). The average molecular weight is 290 g/mol. The maximum atomic E-state index is 3.77. The standard InChI is InChI=1S/C14H28BrN/c1-4-10-16(13(2)3)12-14(11-15)8-6-5-7-9-14/h13H,4-12H2,1-3H3. The van der Waals surface area contributed by atoms with Gasteiger partial charge in [0.1, 0.15) is 0 Å². The van der Waals surface area contributed by atoms with Gasteiger partial charge in [0.25, 0.3) is 0 Å². The molecule has 16 heavy (non-hydrogen) atoms. The van der Waals surface area contributed by atoms with E-state index < -0.39 is 0 Å². The number of hydrogen-bond acceptors (Lipinski definition) is 1. The fourth-order valence-corrected chi connectivity index (χ4v) is 3.61. The lowest BCUT2D eigenvalue weighted by Gasteiger charge is -2.41. The highest BCUT2D eigenvalue weighted by molar-refractivity contribution is 9.09. The van der Waals surface area contributed by atoms with E-state index in [1.54, 1.807) is 0 Å². The minimum atomic E-state index is 0.567. The molecule has 1 nitrogen and oxygen atoms in total. The van der Waals surface area contributed by atoms with E-state index in [-0.39, 0.29) is 0 Å². The van der Waals surface area contributed by atoms with E-state index in [2.05, 4.69) is 41.6 Å². The van der Waals surface area contributed by atoms with Crippen LogP contribution < -0.4 is 0 Å². The third kappa shape index (κ3) is 4.03. The van der Waals surface area contributed by atoms with E-state index in [9.17, 15) is 0 Å². The first-order chi connectivity index (χ1) is 7.63. The van der Waals surface area contributed by atoms with Crippen molar-refractivity contribution in [1.82, 2.24) is 4.90 Å². The predicted molar refractivity (Wildman–Crippen MR) is 76.3 cm³/mol. The molecule has 1 aliphatic rings. The highest BCUT2D eigenvalue weighted by atomic mass is 79.9. The normalized spacial score (nSPS) is 20.6. The Balaban J connectivity index is 2.57. The first-order valence-corrected chi connectivity index (χ1v) is 8.06. The van der Waals surface area contributed by atoms with Crippen molar-refractivity contribution in [2.75, 3.05) is 18.4 Å². The second-order valence-electron chi connectivity index (χ2n) is 5.76. The van der Waals surface area contributed by atoms with Crippen LogP contribution in [-0.2, 0) is 0 Å². The summed E-state index contributed by atoms with van der Waals surface area (Å²) in [7, 11) is 0. The van der Waals surface area contributed by atoms with Crippen LogP contribution in [-0.4, -0.2) is 29.4 Å². The van der Waals surface area contributed by atoms with E-state index >= 15 is 0 Å². The highest BCUT2D eigenvalue weighted by Crippen LogP contribution is 2.38. The Morgan fingerprint density at radius 1 is 1.19 bits per heavy atom. The first kappa shape index (κ1) is 14.5. The van der Waals surface area contributed by atoms with E-state index in [0.29, 0.717) is 11.5 Å². The molecule has 0 heterocycles. The summed E-state index contributed by atoms with van der Waals surface area (Å²) >= 11 is 3.77. The molecule has 0 aromatic heterocycles. The van der Waals surface area contributed by atoms with Gasteiger partial charge in [-0.25, -0.2) is 0 Å². The van der Waals surface area contributed by atoms with Crippen molar-refractivity contribution < 1.29 is 0 Å². The number of hydrogen-bond donors (Lipinski definition) is 0. The molecule has 0 amide bonds. The number of alkyl halides is 1. The lowest BCUT2D eigenvalue weighted by atomic mass is 9.75. The summed E-state index contributed by atoms with van der Waals surface area (Å²) in [5.74, 6) is 0. The van der Waals surface area contributed by atoms with Crippen LogP contribution in [0.4, 0.5) is 0 Å². The van der Waals surface area contributed by atoms with Crippen molar-refractivity contribution >= 4 is 15.9 Å². The van der Waals surface area contributed by atoms with Gasteiger partial charge >= 0.3 is 0 Å². The smallest absolute Gasteiger partial charge is 0.0100 e. The van der Waals surface area contributed by atoms with Gasteiger partial charge in [-0.1, -0.05) is 42.1 Å². The van der Waals surface area contributed by atoms with Crippen molar-refractivity contribution in [3.63, 3.8) is 0 Å². The summed E-state index contributed by atoms with van der Waals surface area (Å²) in [4.78, 5) is 2.67. The highest BCUT2D eigenvalue weighted by Gasteiger charge is 2.33. The maximum Gasteiger partial charge on any atom is 0.0100 e. The van der Waals surface area contributed by atoms with Gasteiger partial charge < -0.3 is 4.90 Å². The molecular formula is C14H28BrN. The molecule has 1 saturated carbocycles. The zero-order valence-corrected chi connectivity index (χ0v) is 12.9. The monoisotopic (exact) mass is 289 g/mol. The van der Waals surface area contributed by atoms with Crippen molar-refractivity contribution in [3.8, 4) is 0 Å². The summed E-state index contributed by atoms with van der Waals surface area (Å²) in [6.45, 7) is 9.51. The number of rotatable bonds is 6. The Labute approximate surface area is 110 Å². The van der Waals surface area contributed by atoms with Crippen molar-refractivity contribution in [2.45, 2.75) is 65.3 Å². The van der Waals surface area contributed by atoms with Gasteiger partial charge in [0.15, 0.2) is 0 Å². The molecule has 0 spiro atoms. The second-order valence-corrected chi connectivity index (χ2v) is 6.32. The van der Waals surface area contributed by atoms with Crippen LogP contribution in [0, 0.1) is 5.41 Å². The van der Waals surface area contributed by atoms with Gasteiger partial charge in [-0.15, -0.1) is 0 Å². The SMILES string of the molecule is CCCN(CC1(CBr)CCCCC1)C(C)C. The largest absolute Gasteiger partial charge is 0.300 e. The summed E-state index contributed by atoms with van der Waals surface area (Å²) < 4.78 is 0. The lowest BCUT2D eigenvalue weighted by Crippen LogP contribution is -2.43. The quantitative estimate of drug-likeness (QED) is 0.653. The molecule has 0 bridgehead atoms. The van der Waals surface area contributed by atoms with Crippen LogP contribution in [0.15, 0.2) is 0 Å². The minimum absolute atomic E-state index is 0.567. The topological polar surface area (TPSA) is 3.24 Å². The van der Waals surface area contributed by atoms with E-state index in [1.165, 1.54) is 56.9 Å². The Hall–Kier alpha value is 0.440. The maximum absolute atomic E-state index is 3.77. The fraction of sp³-hybridized carbons (Fsp3) is 1.00. The molecule has 2 heteroatoms. The number of halogens is 1. The molecule has 1 fully saturated rings. The van der Waals surface area contributed by atoms with Crippen molar-refractivity contribution in [2.24, 2.45) is 5.41 Å². The van der Waals surface area contributed by atoms with Crippen molar-refractivity contribution in [3.05, 3.63) is 0 Å². The van der Waals surface area contributed by atoms with Gasteiger partial charge in [-0.3, -0.25) is 0 Å². The number of nitrogens with zero attached hydrogens (tertiary/aromatic N) is 1. The summed E-state index contributed by atoms with van der Waals surface area (Å²) in [6.07, 6.45) is 8.43.